The van der Waals surface area contributed by atoms with Crippen molar-refractivity contribution in [2.75, 3.05) is 17.2 Å². The first-order valence-corrected chi connectivity index (χ1v) is 7.26. The first-order valence-electron chi connectivity index (χ1n) is 6.47. The Balaban J connectivity index is 1.68. The molecule has 0 radical (unpaired) electrons. The third-order valence-electron chi connectivity index (χ3n) is 3.40. The number of halogens is 1. The number of para-hydroxylation sites is 1. The second-order valence-corrected chi connectivity index (χ2v) is 5.51. The summed E-state index contributed by atoms with van der Waals surface area (Å²) in [7, 11) is 0. The summed E-state index contributed by atoms with van der Waals surface area (Å²) in [4.78, 5) is 16.2. The lowest BCUT2D eigenvalue weighted by atomic mass is 9.97. The molecule has 0 aliphatic carbocycles. The van der Waals surface area contributed by atoms with Crippen molar-refractivity contribution >= 4 is 33.2 Å². The molecule has 1 amide bonds. The van der Waals surface area contributed by atoms with E-state index in [-0.39, 0.29) is 11.8 Å². The molecular formula is C15H14BrN3O. The molecule has 1 aliphatic rings. The van der Waals surface area contributed by atoms with Gasteiger partial charge in [-0.05, 0) is 39.7 Å². The van der Waals surface area contributed by atoms with E-state index in [1.54, 1.807) is 12.3 Å². The van der Waals surface area contributed by atoms with E-state index < -0.39 is 0 Å². The molecule has 5 heteroatoms. The summed E-state index contributed by atoms with van der Waals surface area (Å²) < 4.78 is 0.651. The quantitative estimate of drug-likeness (QED) is 0.847. The Kier molecular flexibility index (Phi) is 3.69. The summed E-state index contributed by atoms with van der Waals surface area (Å²) in [5.41, 5.74) is 3.05. The number of pyridine rings is 1. The fraction of sp³-hybridized carbons (Fsp3) is 0.200. The maximum Gasteiger partial charge on any atom is 0.225 e. The largest absolute Gasteiger partial charge is 0.384 e. The van der Waals surface area contributed by atoms with Gasteiger partial charge in [0.25, 0.3) is 0 Å². The molecule has 2 aromatic rings. The number of rotatable bonds is 3. The maximum absolute atomic E-state index is 12.1. The van der Waals surface area contributed by atoms with Gasteiger partial charge in [0.15, 0.2) is 0 Å². The number of amides is 1. The van der Waals surface area contributed by atoms with Gasteiger partial charge in [0.2, 0.25) is 5.91 Å². The van der Waals surface area contributed by atoms with Crippen LogP contribution in [0, 0.1) is 0 Å². The van der Waals surface area contributed by atoms with E-state index in [1.807, 2.05) is 24.3 Å². The van der Waals surface area contributed by atoms with Gasteiger partial charge in [-0.15, -0.1) is 0 Å². The summed E-state index contributed by atoms with van der Waals surface area (Å²) in [5, 5.41) is 6.22. The van der Waals surface area contributed by atoms with Gasteiger partial charge < -0.3 is 10.6 Å². The lowest BCUT2D eigenvalue weighted by Gasteiger charge is -2.11. The predicted molar refractivity (Wildman–Crippen MR) is 82.9 cm³/mol. The van der Waals surface area contributed by atoms with Crippen LogP contribution in [-0.4, -0.2) is 17.4 Å². The van der Waals surface area contributed by atoms with Gasteiger partial charge in [-0.2, -0.15) is 0 Å². The van der Waals surface area contributed by atoms with E-state index in [4.69, 9.17) is 0 Å². The number of nitrogens with one attached hydrogen (secondary N) is 2. The van der Waals surface area contributed by atoms with Gasteiger partial charge in [-0.3, -0.25) is 4.79 Å². The molecule has 2 heterocycles. The van der Waals surface area contributed by atoms with Gasteiger partial charge in [-0.25, -0.2) is 4.98 Å². The first kappa shape index (κ1) is 13.1. The minimum absolute atomic E-state index is 0.00204. The second kappa shape index (κ2) is 5.63. The maximum atomic E-state index is 12.1. The normalized spacial score (nSPS) is 16.4. The zero-order valence-electron chi connectivity index (χ0n) is 10.8. The Morgan fingerprint density at radius 3 is 3.05 bits per heavy atom. The van der Waals surface area contributed by atoms with Gasteiger partial charge in [0.1, 0.15) is 4.60 Å². The highest BCUT2D eigenvalue weighted by atomic mass is 79.9. The molecule has 1 aromatic carbocycles. The summed E-state index contributed by atoms with van der Waals surface area (Å²) >= 11 is 3.33. The number of carbonyl (C=O) groups is 1. The van der Waals surface area contributed by atoms with Crippen molar-refractivity contribution in [3.8, 4) is 0 Å². The summed E-state index contributed by atoms with van der Waals surface area (Å²) in [6.07, 6.45) is 2.14. The van der Waals surface area contributed by atoms with E-state index in [9.17, 15) is 4.79 Å². The van der Waals surface area contributed by atoms with Crippen LogP contribution >= 0.6 is 15.9 Å². The highest BCUT2D eigenvalue weighted by Gasteiger charge is 2.24. The summed E-state index contributed by atoms with van der Waals surface area (Å²) in [5.74, 6) is 0.226. The Morgan fingerprint density at radius 1 is 1.35 bits per heavy atom. The summed E-state index contributed by atoms with van der Waals surface area (Å²) in [6.45, 7) is 0.807. The van der Waals surface area contributed by atoms with Crippen LogP contribution in [0.15, 0.2) is 47.2 Å². The third-order valence-corrected chi connectivity index (χ3v) is 4.04. The standard InChI is InChI=1S/C15H14BrN3O/c16-15-13(6-3-7-17-15)19-14(20)8-10-9-18-12-5-2-1-4-11(10)12/h1-7,10,18H,8-9H2,(H,19,20). The molecule has 102 valence electrons. The van der Waals surface area contributed by atoms with E-state index in [2.05, 4.69) is 37.6 Å². The molecule has 3 rings (SSSR count). The predicted octanol–water partition coefficient (Wildman–Crippen LogP) is 3.38. The van der Waals surface area contributed by atoms with Crippen LogP contribution in [0.25, 0.3) is 0 Å². The molecule has 1 unspecified atom stereocenters. The second-order valence-electron chi connectivity index (χ2n) is 4.76. The van der Waals surface area contributed by atoms with Crippen molar-refractivity contribution in [3.05, 3.63) is 52.8 Å². The monoisotopic (exact) mass is 331 g/mol. The molecule has 2 N–H and O–H groups in total. The number of aromatic nitrogens is 1. The van der Waals surface area contributed by atoms with Crippen LogP contribution in [0.4, 0.5) is 11.4 Å². The molecule has 0 spiro atoms. The van der Waals surface area contributed by atoms with Crippen molar-refractivity contribution in [2.45, 2.75) is 12.3 Å². The third kappa shape index (κ3) is 2.67. The highest BCUT2D eigenvalue weighted by Crippen LogP contribution is 2.33. The van der Waals surface area contributed by atoms with Crippen molar-refractivity contribution in [1.29, 1.82) is 0 Å². The zero-order valence-corrected chi connectivity index (χ0v) is 12.4. The van der Waals surface area contributed by atoms with E-state index in [1.165, 1.54) is 5.56 Å². The molecule has 0 bridgehead atoms. The van der Waals surface area contributed by atoms with Crippen LogP contribution in [0.3, 0.4) is 0 Å². The number of nitrogens with zero attached hydrogens (tertiary/aromatic N) is 1. The summed E-state index contributed by atoms with van der Waals surface area (Å²) in [6, 6.07) is 11.8. The van der Waals surface area contributed by atoms with Gasteiger partial charge >= 0.3 is 0 Å². The van der Waals surface area contributed by atoms with Crippen LogP contribution in [0.2, 0.25) is 0 Å². The molecular weight excluding hydrogens is 318 g/mol. The number of benzene rings is 1. The first-order chi connectivity index (χ1) is 9.74. The van der Waals surface area contributed by atoms with E-state index in [0.717, 1.165) is 12.2 Å². The Morgan fingerprint density at radius 2 is 2.20 bits per heavy atom. The Hall–Kier alpha value is -1.88. The van der Waals surface area contributed by atoms with Gasteiger partial charge in [0.05, 0.1) is 5.69 Å². The fourth-order valence-electron chi connectivity index (χ4n) is 2.44. The van der Waals surface area contributed by atoms with E-state index in [0.29, 0.717) is 16.7 Å². The molecule has 1 aromatic heterocycles. The highest BCUT2D eigenvalue weighted by molar-refractivity contribution is 9.10. The zero-order chi connectivity index (χ0) is 13.9. The molecule has 20 heavy (non-hydrogen) atoms. The van der Waals surface area contributed by atoms with Crippen LogP contribution in [0.1, 0.15) is 17.9 Å². The molecule has 4 nitrogen and oxygen atoms in total. The number of hydrogen-bond acceptors (Lipinski definition) is 3. The SMILES string of the molecule is O=C(CC1CNc2ccccc21)Nc1cccnc1Br. The van der Waals surface area contributed by atoms with Gasteiger partial charge in [0, 0.05) is 30.8 Å². The fourth-order valence-corrected chi connectivity index (χ4v) is 2.79. The minimum atomic E-state index is 0.00204. The van der Waals surface area contributed by atoms with Crippen LogP contribution < -0.4 is 10.6 Å². The topological polar surface area (TPSA) is 54.0 Å². The van der Waals surface area contributed by atoms with Crippen LogP contribution in [0.5, 0.6) is 0 Å². The average Bonchev–Trinajstić information content (AvgIpc) is 2.85. The van der Waals surface area contributed by atoms with Crippen molar-refractivity contribution in [2.24, 2.45) is 0 Å². The van der Waals surface area contributed by atoms with Crippen molar-refractivity contribution < 1.29 is 4.79 Å². The average molecular weight is 332 g/mol. The smallest absolute Gasteiger partial charge is 0.225 e. The minimum Gasteiger partial charge on any atom is -0.384 e. The number of carbonyl (C=O) groups excluding carboxylic acids is 1. The molecule has 0 saturated heterocycles. The van der Waals surface area contributed by atoms with Crippen LogP contribution in [-0.2, 0) is 4.79 Å². The number of anilines is 2. The lowest BCUT2D eigenvalue weighted by molar-refractivity contribution is -0.116. The molecule has 0 fully saturated rings. The van der Waals surface area contributed by atoms with Crippen molar-refractivity contribution in [1.82, 2.24) is 4.98 Å². The number of fused-ring (bicyclic) bond motifs is 1. The Labute approximate surface area is 125 Å². The molecule has 1 aliphatic heterocycles. The number of hydrogen-bond donors (Lipinski definition) is 2. The van der Waals surface area contributed by atoms with Gasteiger partial charge in [-0.1, -0.05) is 18.2 Å². The van der Waals surface area contributed by atoms with Crippen molar-refractivity contribution in [3.63, 3.8) is 0 Å². The lowest BCUT2D eigenvalue weighted by Crippen LogP contribution is -2.17. The molecule has 1 atom stereocenters. The molecule has 0 saturated carbocycles. The Bertz CT molecular complexity index is 645. The van der Waals surface area contributed by atoms with E-state index >= 15 is 0 Å².